The summed E-state index contributed by atoms with van der Waals surface area (Å²) in [5, 5.41) is 0. The lowest BCUT2D eigenvalue weighted by Gasteiger charge is -1.78. The summed E-state index contributed by atoms with van der Waals surface area (Å²) in [4.78, 5) is 0. The van der Waals surface area contributed by atoms with E-state index in [4.69, 9.17) is 0 Å². The van der Waals surface area contributed by atoms with E-state index in [9.17, 15) is 0 Å². The lowest BCUT2D eigenvalue weighted by atomic mass is 10.2. The number of hydrogen-bond acceptors (Lipinski definition) is 0. The van der Waals surface area contributed by atoms with Crippen LogP contribution in [-0.2, 0) is 0 Å². The minimum absolute atomic E-state index is 1.17. The van der Waals surface area contributed by atoms with E-state index in [1.165, 1.54) is 12.1 Å². The maximum absolute atomic E-state index is 1.58. The van der Waals surface area contributed by atoms with Crippen LogP contribution in [0.1, 0.15) is 12.8 Å². The number of quaternary nitrogens is 1. The smallest absolute Gasteiger partial charge is 0.140 e. The minimum atomic E-state index is 1.17. The molecule has 0 amide bonds. The van der Waals surface area contributed by atoms with E-state index in [2.05, 4.69) is 0 Å². The van der Waals surface area contributed by atoms with Crippen LogP contribution in [0.4, 0.5) is 0 Å². The molecule has 2 unspecified atom stereocenters. The summed E-state index contributed by atoms with van der Waals surface area (Å²) in [5.74, 6) is 0. The Balaban J connectivity index is 2.12. The van der Waals surface area contributed by atoms with Crippen molar-refractivity contribution in [3.63, 3.8) is 0 Å². The van der Waals surface area contributed by atoms with Gasteiger partial charge in [0.25, 0.3) is 0 Å². The van der Waals surface area contributed by atoms with Gasteiger partial charge in [-0.25, -0.2) is 0 Å². The second-order valence-electron chi connectivity index (χ2n) is 3.35. The van der Waals surface area contributed by atoms with Gasteiger partial charge in [0, 0.05) is 12.8 Å². The molecule has 0 aliphatic carbocycles. The molecule has 2 atom stereocenters. The largest absolute Gasteiger partial charge is 0.300 e. The van der Waals surface area contributed by atoms with Gasteiger partial charge in [-0.3, -0.25) is 4.48 Å². The highest BCUT2D eigenvalue weighted by Gasteiger charge is 2.76. The molecule has 0 N–H and O–H groups in total. The van der Waals surface area contributed by atoms with Crippen molar-refractivity contribution in [2.75, 3.05) is 13.1 Å². The first-order valence-electron chi connectivity index (χ1n) is 3.28. The van der Waals surface area contributed by atoms with Crippen LogP contribution < -0.4 is 0 Å². The molecule has 0 aromatic heterocycles. The Hall–Kier alpha value is -0.0400. The molecule has 1 nitrogen and oxygen atoms in total. The standard InChI is InChI=1S/C6H10N/c1-2-6-4-7(6)3-5(1)7/h5-6H,1-4H2/q+1. The highest BCUT2D eigenvalue weighted by atomic mass is 15.6. The van der Waals surface area contributed by atoms with Crippen LogP contribution in [0.2, 0.25) is 0 Å². The lowest BCUT2D eigenvalue weighted by molar-refractivity contribution is -0.672. The molecule has 0 saturated carbocycles. The molecule has 3 aliphatic heterocycles. The van der Waals surface area contributed by atoms with E-state index < -0.39 is 0 Å². The number of hydrogen-bond donors (Lipinski definition) is 0. The lowest BCUT2D eigenvalue weighted by Crippen LogP contribution is -1.93. The van der Waals surface area contributed by atoms with Gasteiger partial charge in [0.05, 0.1) is 0 Å². The van der Waals surface area contributed by atoms with Gasteiger partial charge >= 0.3 is 0 Å². The molecule has 3 aliphatic rings. The molecule has 7 heavy (non-hydrogen) atoms. The summed E-state index contributed by atoms with van der Waals surface area (Å²) in [5.41, 5.74) is 0. The molecular formula is C6H10N+. The van der Waals surface area contributed by atoms with Gasteiger partial charge in [-0.15, -0.1) is 0 Å². The summed E-state index contributed by atoms with van der Waals surface area (Å²) < 4.78 is 1.58. The van der Waals surface area contributed by atoms with Gasteiger partial charge in [0.1, 0.15) is 25.2 Å². The number of nitrogens with zero attached hydrogens (tertiary/aromatic N) is 1. The molecule has 3 heterocycles. The predicted molar refractivity (Wildman–Crippen MR) is 26.8 cm³/mol. The van der Waals surface area contributed by atoms with Gasteiger partial charge < -0.3 is 0 Å². The van der Waals surface area contributed by atoms with E-state index in [0.29, 0.717) is 0 Å². The van der Waals surface area contributed by atoms with Gasteiger partial charge in [0.15, 0.2) is 0 Å². The Labute approximate surface area is 43.5 Å². The molecular weight excluding hydrogens is 86.1 g/mol. The summed E-state index contributed by atoms with van der Waals surface area (Å²) in [6.07, 6.45) is 3.12. The van der Waals surface area contributed by atoms with Crippen molar-refractivity contribution >= 4 is 0 Å². The second-order valence-corrected chi connectivity index (χ2v) is 3.35. The van der Waals surface area contributed by atoms with Gasteiger partial charge in [-0.2, -0.15) is 0 Å². The molecule has 3 rings (SSSR count). The van der Waals surface area contributed by atoms with Crippen molar-refractivity contribution < 1.29 is 4.48 Å². The third-order valence-electron chi connectivity index (χ3n) is 3.12. The molecule has 0 radical (unpaired) electrons. The topological polar surface area (TPSA) is 0 Å². The maximum Gasteiger partial charge on any atom is 0.140 e. The minimum Gasteiger partial charge on any atom is -0.300 e. The monoisotopic (exact) mass is 96.1 g/mol. The van der Waals surface area contributed by atoms with E-state index >= 15 is 0 Å². The Morgan fingerprint density at radius 2 is 1.57 bits per heavy atom. The fourth-order valence-corrected chi connectivity index (χ4v) is 2.44. The zero-order valence-corrected chi connectivity index (χ0v) is 4.43. The van der Waals surface area contributed by atoms with E-state index in [1.807, 2.05) is 0 Å². The molecule has 1 spiro atoms. The first-order chi connectivity index (χ1) is 3.42. The van der Waals surface area contributed by atoms with Crippen molar-refractivity contribution in [2.24, 2.45) is 0 Å². The van der Waals surface area contributed by atoms with E-state index in [-0.39, 0.29) is 0 Å². The van der Waals surface area contributed by atoms with Crippen molar-refractivity contribution in [1.29, 1.82) is 0 Å². The molecule has 0 aromatic rings. The average molecular weight is 96.2 g/mol. The van der Waals surface area contributed by atoms with Gasteiger partial charge in [-0.05, 0) is 0 Å². The van der Waals surface area contributed by atoms with Crippen molar-refractivity contribution in [1.82, 2.24) is 0 Å². The van der Waals surface area contributed by atoms with Crippen LogP contribution >= 0.6 is 0 Å². The van der Waals surface area contributed by atoms with Crippen LogP contribution in [0.25, 0.3) is 0 Å². The first-order valence-corrected chi connectivity index (χ1v) is 3.28. The third-order valence-corrected chi connectivity index (χ3v) is 3.12. The SMILES string of the molecule is C1CC2C[N+]23CC13. The molecule has 1 heteroatoms. The molecule has 0 aromatic carbocycles. The fourth-order valence-electron chi connectivity index (χ4n) is 2.44. The Morgan fingerprint density at radius 3 is 1.71 bits per heavy atom. The number of rotatable bonds is 0. The summed E-state index contributed by atoms with van der Waals surface area (Å²) in [6, 6.07) is 2.34. The highest BCUT2D eigenvalue weighted by Crippen LogP contribution is 2.57. The summed E-state index contributed by atoms with van der Waals surface area (Å²) >= 11 is 0. The molecule has 3 saturated heterocycles. The van der Waals surface area contributed by atoms with Crippen molar-refractivity contribution in [3.05, 3.63) is 0 Å². The molecule has 3 fully saturated rings. The van der Waals surface area contributed by atoms with Crippen LogP contribution in [0.5, 0.6) is 0 Å². The van der Waals surface area contributed by atoms with Crippen molar-refractivity contribution in [3.8, 4) is 0 Å². The zero-order valence-electron chi connectivity index (χ0n) is 4.43. The third kappa shape index (κ3) is 0.177. The van der Waals surface area contributed by atoms with Crippen LogP contribution in [-0.4, -0.2) is 29.7 Å². The van der Waals surface area contributed by atoms with Crippen LogP contribution in [0.3, 0.4) is 0 Å². The number of piperidine rings is 2. The first kappa shape index (κ1) is 3.08. The Kier molecular flexibility index (Phi) is 0.253. The average Bonchev–Trinajstić information content (AvgIpc) is 2.49. The Morgan fingerprint density at radius 1 is 1.00 bits per heavy atom. The van der Waals surface area contributed by atoms with Gasteiger partial charge in [0.2, 0.25) is 0 Å². The van der Waals surface area contributed by atoms with Crippen LogP contribution in [0.15, 0.2) is 0 Å². The normalized spacial score (nSPS) is 72.0. The summed E-state index contributed by atoms with van der Waals surface area (Å²) in [6.45, 7) is 3.12. The molecule has 38 valence electrons. The maximum atomic E-state index is 1.58. The van der Waals surface area contributed by atoms with E-state index in [0.717, 1.165) is 0 Å². The van der Waals surface area contributed by atoms with Gasteiger partial charge in [-0.1, -0.05) is 0 Å². The zero-order chi connectivity index (χ0) is 4.48. The Bertz CT molecular complexity index is 110. The fraction of sp³-hybridized carbons (Fsp3) is 1.00. The van der Waals surface area contributed by atoms with E-state index in [1.54, 1.807) is 30.4 Å². The quantitative estimate of drug-likeness (QED) is 0.302. The van der Waals surface area contributed by atoms with Crippen LogP contribution in [0, 0.1) is 0 Å². The second kappa shape index (κ2) is 0.576. The molecule has 0 bridgehead atoms. The van der Waals surface area contributed by atoms with Crippen molar-refractivity contribution in [2.45, 2.75) is 24.9 Å². The summed E-state index contributed by atoms with van der Waals surface area (Å²) in [7, 11) is 0. The predicted octanol–water partition coefficient (Wildman–Crippen LogP) is 0.361. The highest BCUT2D eigenvalue weighted by molar-refractivity contribution is 4.97.